The lowest BCUT2D eigenvalue weighted by Crippen LogP contribution is -2.01. The third kappa shape index (κ3) is 3.59. The molecule has 0 spiro atoms. The second kappa shape index (κ2) is 4.89. The Morgan fingerprint density at radius 2 is 2.23 bits per heavy atom. The van der Waals surface area contributed by atoms with Crippen molar-refractivity contribution in [2.45, 2.75) is 0 Å². The average molecular weight is 281 g/mol. The largest absolute Gasteiger partial charge is 0.379 e. The summed E-state index contributed by atoms with van der Waals surface area (Å²) in [6.45, 7) is 4.11. The lowest BCUT2D eigenvalue weighted by atomic mass is 10.3. The Bertz CT molecular complexity index is 325. The van der Waals surface area contributed by atoms with E-state index in [9.17, 15) is 0 Å². The lowest BCUT2D eigenvalue weighted by Gasteiger charge is -2.07. The molecule has 0 bridgehead atoms. The molecule has 1 aromatic rings. The van der Waals surface area contributed by atoms with Gasteiger partial charge in [-0.3, -0.25) is 0 Å². The molecule has 70 valence electrons. The van der Waals surface area contributed by atoms with Gasteiger partial charge in [-0.05, 0) is 34.1 Å². The third-order valence-electron chi connectivity index (χ3n) is 1.40. The Morgan fingerprint density at radius 3 is 2.85 bits per heavy atom. The molecule has 0 saturated carbocycles. The minimum absolute atomic E-state index is 0.528. The highest BCUT2D eigenvalue weighted by atomic mass is 79.9. The molecule has 1 N–H and O–H groups in total. The van der Waals surface area contributed by atoms with Crippen molar-refractivity contribution in [2.24, 2.45) is 0 Å². The molecule has 0 atom stereocenters. The van der Waals surface area contributed by atoms with Crippen LogP contribution in [-0.4, -0.2) is 6.54 Å². The second-order valence-corrected chi connectivity index (χ2v) is 4.32. The number of hydrogen-bond donors (Lipinski definition) is 1. The van der Waals surface area contributed by atoms with Crippen LogP contribution in [0.2, 0.25) is 5.02 Å². The molecule has 0 unspecified atom stereocenters. The molecule has 1 rings (SSSR count). The van der Waals surface area contributed by atoms with E-state index in [1.807, 2.05) is 18.2 Å². The first kappa shape index (κ1) is 10.9. The number of anilines is 1. The Morgan fingerprint density at radius 1 is 1.54 bits per heavy atom. The molecule has 0 radical (unpaired) electrons. The molecule has 0 saturated heterocycles. The first-order valence-corrected chi connectivity index (χ1v) is 5.16. The minimum atomic E-state index is 0.528. The predicted molar refractivity (Wildman–Crippen MR) is 62.6 cm³/mol. The van der Waals surface area contributed by atoms with E-state index in [2.05, 4.69) is 27.8 Å². The van der Waals surface area contributed by atoms with E-state index in [1.165, 1.54) is 0 Å². The predicted octanol–water partition coefficient (Wildman–Crippen LogP) is 4.27. The van der Waals surface area contributed by atoms with Crippen LogP contribution in [0.3, 0.4) is 0 Å². The van der Waals surface area contributed by atoms with Crippen molar-refractivity contribution >= 4 is 44.8 Å². The molecule has 0 heterocycles. The molecule has 13 heavy (non-hydrogen) atoms. The van der Waals surface area contributed by atoms with Gasteiger partial charge < -0.3 is 5.32 Å². The van der Waals surface area contributed by atoms with Crippen LogP contribution >= 0.6 is 39.1 Å². The summed E-state index contributed by atoms with van der Waals surface area (Å²) in [7, 11) is 0. The number of hydrogen-bond acceptors (Lipinski definition) is 1. The molecule has 0 fully saturated rings. The quantitative estimate of drug-likeness (QED) is 0.872. The first-order chi connectivity index (χ1) is 6.09. The molecule has 0 aliphatic heterocycles. The summed E-state index contributed by atoms with van der Waals surface area (Å²) >= 11 is 14.8. The first-order valence-electron chi connectivity index (χ1n) is 3.62. The van der Waals surface area contributed by atoms with Crippen LogP contribution in [0.5, 0.6) is 0 Å². The summed E-state index contributed by atoms with van der Waals surface area (Å²) in [5, 5.41) is 4.34. The van der Waals surface area contributed by atoms with E-state index in [-0.39, 0.29) is 0 Å². The number of nitrogens with one attached hydrogen (secondary N) is 1. The van der Waals surface area contributed by atoms with Gasteiger partial charge in [0.25, 0.3) is 0 Å². The van der Waals surface area contributed by atoms with Gasteiger partial charge in [-0.25, -0.2) is 0 Å². The minimum Gasteiger partial charge on any atom is -0.379 e. The summed E-state index contributed by atoms with van der Waals surface area (Å²) in [5.74, 6) is 0. The van der Waals surface area contributed by atoms with E-state index in [1.54, 1.807) is 0 Å². The maximum Gasteiger partial charge on any atom is 0.0502 e. The van der Waals surface area contributed by atoms with Crippen LogP contribution in [0, 0.1) is 0 Å². The normalized spacial score (nSPS) is 9.77. The smallest absolute Gasteiger partial charge is 0.0502 e. The molecule has 0 aromatic heterocycles. The zero-order valence-electron chi connectivity index (χ0n) is 6.78. The van der Waals surface area contributed by atoms with Gasteiger partial charge in [0.15, 0.2) is 0 Å². The van der Waals surface area contributed by atoms with Crippen LogP contribution in [-0.2, 0) is 0 Å². The van der Waals surface area contributed by atoms with Crippen LogP contribution < -0.4 is 5.32 Å². The van der Waals surface area contributed by atoms with E-state index in [4.69, 9.17) is 23.2 Å². The van der Waals surface area contributed by atoms with E-state index < -0.39 is 0 Å². The van der Waals surface area contributed by atoms with Crippen LogP contribution in [0.4, 0.5) is 5.69 Å². The van der Waals surface area contributed by atoms with Gasteiger partial charge in [-0.1, -0.05) is 29.8 Å². The van der Waals surface area contributed by atoms with Gasteiger partial charge in [0, 0.05) is 14.5 Å². The summed E-state index contributed by atoms with van der Waals surface area (Å²) < 4.78 is 0.954. The van der Waals surface area contributed by atoms with E-state index in [0.717, 1.165) is 10.2 Å². The Labute approximate surface area is 95.9 Å². The summed E-state index contributed by atoms with van der Waals surface area (Å²) in [6, 6.07) is 5.51. The van der Waals surface area contributed by atoms with Crippen LogP contribution in [0.1, 0.15) is 0 Å². The molecular weight excluding hydrogens is 273 g/mol. The molecule has 4 heteroatoms. The summed E-state index contributed by atoms with van der Waals surface area (Å²) in [5.41, 5.74) is 0.911. The van der Waals surface area contributed by atoms with Gasteiger partial charge in [-0.15, -0.1) is 0 Å². The Hall–Kier alpha value is -0.180. The highest BCUT2D eigenvalue weighted by Gasteiger charge is 1.99. The number of halogens is 3. The number of benzene rings is 1. The molecule has 1 nitrogen and oxygen atoms in total. The van der Waals surface area contributed by atoms with Crippen molar-refractivity contribution in [3.05, 3.63) is 39.3 Å². The van der Waals surface area contributed by atoms with Crippen molar-refractivity contribution in [1.82, 2.24) is 0 Å². The summed E-state index contributed by atoms with van der Waals surface area (Å²) in [4.78, 5) is 0. The topological polar surface area (TPSA) is 12.0 Å². The summed E-state index contributed by atoms with van der Waals surface area (Å²) in [6.07, 6.45) is 0. The molecule has 0 amide bonds. The zero-order chi connectivity index (χ0) is 9.84. The van der Waals surface area contributed by atoms with Crippen molar-refractivity contribution in [3.8, 4) is 0 Å². The van der Waals surface area contributed by atoms with Gasteiger partial charge in [-0.2, -0.15) is 0 Å². The fraction of sp³-hybridized carbons (Fsp3) is 0.111. The van der Waals surface area contributed by atoms with Crippen molar-refractivity contribution in [2.75, 3.05) is 11.9 Å². The van der Waals surface area contributed by atoms with Gasteiger partial charge in [0.1, 0.15) is 0 Å². The standard InChI is InChI=1S/C9H8BrCl2N/c1-6(11)5-13-9-4-7(12)2-3-8(9)10/h2-4,13H,1,5H2. The van der Waals surface area contributed by atoms with E-state index >= 15 is 0 Å². The molecule has 0 aliphatic carbocycles. The average Bonchev–Trinajstić information content (AvgIpc) is 2.06. The van der Waals surface area contributed by atoms with Gasteiger partial charge >= 0.3 is 0 Å². The molecule has 0 aliphatic rings. The SMILES string of the molecule is C=C(Cl)CNc1cc(Cl)ccc1Br. The van der Waals surface area contributed by atoms with Gasteiger partial charge in [0.2, 0.25) is 0 Å². The molecular formula is C9H8BrCl2N. The van der Waals surface area contributed by atoms with Crippen molar-refractivity contribution < 1.29 is 0 Å². The molecule has 1 aromatic carbocycles. The second-order valence-electron chi connectivity index (χ2n) is 2.49. The fourth-order valence-corrected chi connectivity index (χ4v) is 1.45. The fourth-order valence-electron chi connectivity index (χ4n) is 0.824. The maximum atomic E-state index is 5.82. The number of rotatable bonds is 3. The zero-order valence-corrected chi connectivity index (χ0v) is 9.88. The van der Waals surface area contributed by atoms with Crippen LogP contribution in [0.25, 0.3) is 0 Å². The van der Waals surface area contributed by atoms with E-state index in [0.29, 0.717) is 16.6 Å². The lowest BCUT2D eigenvalue weighted by molar-refractivity contribution is 1.31. The Balaban J connectivity index is 2.75. The maximum absolute atomic E-state index is 5.82. The highest BCUT2D eigenvalue weighted by Crippen LogP contribution is 2.25. The van der Waals surface area contributed by atoms with Crippen molar-refractivity contribution in [3.63, 3.8) is 0 Å². The third-order valence-corrected chi connectivity index (χ3v) is 2.46. The highest BCUT2D eigenvalue weighted by molar-refractivity contribution is 9.10. The monoisotopic (exact) mass is 279 g/mol. The van der Waals surface area contributed by atoms with Crippen LogP contribution in [0.15, 0.2) is 34.3 Å². The Kier molecular flexibility index (Phi) is 4.10. The van der Waals surface area contributed by atoms with Gasteiger partial charge in [0.05, 0.1) is 12.2 Å². The van der Waals surface area contributed by atoms with Crippen molar-refractivity contribution in [1.29, 1.82) is 0 Å².